The first-order valence-electron chi connectivity index (χ1n) is 14.6. The van der Waals surface area contributed by atoms with Crippen LogP contribution in [0.1, 0.15) is 64.2 Å². The highest BCUT2D eigenvalue weighted by Crippen LogP contribution is 2.26. The summed E-state index contributed by atoms with van der Waals surface area (Å²) in [7, 11) is 0. The molecule has 0 spiro atoms. The van der Waals surface area contributed by atoms with E-state index in [1.54, 1.807) is 0 Å². The summed E-state index contributed by atoms with van der Waals surface area (Å²) in [5, 5.41) is 9.71. The van der Waals surface area contributed by atoms with Gasteiger partial charge in [-0.05, 0) is 35.7 Å². The lowest BCUT2D eigenvalue weighted by molar-refractivity contribution is 0.199. The molecule has 40 heavy (non-hydrogen) atoms. The fraction of sp³-hybridized carbons (Fsp3) is 0.353. The number of unbranched alkanes of at least 4 members (excludes halogenated alkanes) is 9. The predicted molar refractivity (Wildman–Crippen MR) is 162 cm³/mol. The maximum absolute atomic E-state index is 12.1. The Morgan fingerprint density at radius 1 is 0.450 bits per heavy atom. The van der Waals surface area contributed by atoms with Crippen molar-refractivity contribution in [2.24, 2.45) is 0 Å². The molecule has 0 heterocycles. The Morgan fingerprint density at radius 2 is 0.800 bits per heavy atom. The average molecular weight is 541 g/mol. The first-order chi connectivity index (χ1) is 19.7. The zero-order valence-corrected chi connectivity index (χ0v) is 23.2. The van der Waals surface area contributed by atoms with Crippen LogP contribution in [0.4, 0.5) is 9.59 Å². The van der Waals surface area contributed by atoms with Crippen molar-refractivity contribution in [2.75, 3.05) is 13.1 Å². The minimum atomic E-state index is -0.395. The molecular weight excluding hydrogens is 500 g/mol. The van der Waals surface area contributed by atoms with Gasteiger partial charge in [0.25, 0.3) is 0 Å². The van der Waals surface area contributed by atoms with E-state index in [2.05, 4.69) is 10.6 Å². The normalized spacial score (nSPS) is 10.9. The smallest absolute Gasteiger partial charge is 0.410 e. The molecule has 0 fully saturated rings. The van der Waals surface area contributed by atoms with Crippen molar-refractivity contribution in [2.45, 2.75) is 64.2 Å². The lowest BCUT2D eigenvalue weighted by Crippen LogP contribution is -2.27. The van der Waals surface area contributed by atoms with Crippen LogP contribution in [0.3, 0.4) is 0 Å². The molecule has 0 aliphatic carbocycles. The van der Waals surface area contributed by atoms with Gasteiger partial charge in [-0.25, -0.2) is 9.59 Å². The predicted octanol–water partition coefficient (Wildman–Crippen LogP) is 8.77. The number of fused-ring (bicyclic) bond motifs is 2. The van der Waals surface area contributed by atoms with Gasteiger partial charge in [-0.15, -0.1) is 0 Å². The molecular formula is C34H40N2O4. The Morgan fingerprint density at radius 3 is 1.23 bits per heavy atom. The fourth-order valence-electron chi connectivity index (χ4n) is 4.89. The Bertz CT molecular complexity index is 1250. The molecule has 0 saturated heterocycles. The molecule has 4 aromatic carbocycles. The molecule has 4 rings (SSSR count). The minimum absolute atomic E-state index is 0.395. The number of ether oxygens (including phenoxy) is 2. The summed E-state index contributed by atoms with van der Waals surface area (Å²) in [6.45, 7) is 1.26. The van der Waals surface area contributed by atoms with Crippen LogP contribution >= 0.6 is 0 Å². The second-order valence-electron chi connectivity index (χ2n) is 10.1. The zero-order valence-electron chi connectivity index (χ0n) is 23.2. The van der Waals surface area contributed by atoms with Crippen LogP contribution in [0.5, 0.6) is 11.5 Å². The third-order valence-electron chi connectivity index (χ3n) is 7.05. The van der Waals surface area contributed by atoms with Crippen molar-refractivity contribution in [3.05, 3.63) is 84.9 Å². The molecule has 0 unspecified atom stereocenters. The van der Waals surface area contributed by atoms with E-state index in [0.29, 0.717) is 24.6 Å². The van der Waals surface area contributed by atoms with Crippen molar-refractivity contribution < 1.29 is 19.1 Å². The summed E-state index contributed by atoms with van der Waals surface area (Å²) in [5.41, 5.74) is 0. The van der Waals surface area contributed by atoms with Crippen molar-refractivity contribution >= 4 is 33.7 Å². The van der Waals surface area contributed by atoms with Crippen molar-refractivity contribution in [1.29, 1.82) is 0 Å². The summed E-state index contributed by atoms with van der Waals surface area (Å²) in [6, 6.07) is 27.2. The highest BCUT2D eigenvalue weighted by atomic mass is 16.6. The largest absolute Gasteiger partial charge is 0.412 e. The van der Waals surface area contributed by atoms with Gasteiger partial charge in [0.2, 0.25) is 0 Å². The van der Waals surface area contributed by atoms with Gasteiger partial charge in [0.15, 0.2) is 0 Å². The van der Waals surface area contributed by atoms with E-state index in [1.165, 1.54) is 38.5 Å². The molecule has 0 saturated carbocycles. The van der Waals surface area contributed by atoms with Crippen LogP contribution in [0.25, 0.3) is 21.5 Å². The van der Waals surface area contributed by atoms with Crippen LogP contribution in [-0.2, 0) is 0 Å². The second-order valence-corrected chi connectivity index (χ2v) is 10.1. The summed E-state index contributed by atoms with van der Waals surface area (Å²) in [5.74, 6) is 1.18. The molecule has 0 aliphatic heterocycles. The number of hydrogen-bond donors (Lipinski definition) is 2. The van der Waals surface area contributed by atoms with E-state index in [1.807, 2.05) is 84.9 Å². The Balaban J connectivity index is 0.942. The maximum Gasteiger partial charge on any atom is 0.412 e. The van der Waals surface area contributed by atoms with Crippen LogP contribution in [0, 0.1) is 0 Å². The molecule has 2 N–H and O–H groups in total. The van der Waals surface area contributed by atoms with Crippen molar-refractivity contribution in [3.8, 4) is 11.5 Å². The lowest BCUT2D eigenvalue weighted by atomic mass is 10.1. The van der Waals surface area contributed by atoms with E-state index >= 15 is 0 Å². The van der Waals surface area contributed by atoms with Gasteiger partial charge in [-0.3, -0.25) is 0 Å². The SMILES string of the molecule is O=C(NCCCCCCCCCCCCNC(=O)Oc1cccc2ccccc12)Oc1cccc2ccccc12. The van der Waals surface area contributed by atoms with E-state index in [-0.39, 0.29) is 0 Å². The monoisotopic (exact) mass is 540 g/mol. The first-order valence-corrected chi connectivity index (χ1v) is 14.6. The number of carbonyl (C=O) groups is 2. The van der Waals surface area contributed by atoms with Gasteiger partial charge >= 0.3 is 12.2 Å². The maximum atomic E-state index is 12.1. The van der Waals surface area contributed by atoms with Crippen LogP contribution < -0.4 is 20.1 Å². The Kier molecular flexibility index (Phi) is 11.7. The number of benzene rings is 4. The topological polar surface area (TPSA) is 76.7 Å². The summed E-state index contributed by atoms with van der Waals surface area (Å²) in [6.07, 6.45) is 10.6. The zero-order chi connectivity index (χ0) is 27.8. The van der Waals surface area contributed by atoms with Gasteiger partial charge in [-0.2, -0.15) is 0 Å². The highest BCUT2D eigenvalue weighted by Gasteiger charge is 2.08. The third kappa shape index (κ3) is 9.30. The van der Waals surface area contributed by atoms with Gasteiger partial charge in [0.05, 0.1) is 0 Å². The van der Waals surface area contributed by atoms with Gasteiger partial charge in [0, 0.05) is 23.9 Å². The van der Waals surface area contributed by atoms with E-state index in [0.717, 1.165) is 47.2 Å². The Hall–Kier alpha value is -4.06. The molecule has 6 nitrogen and oxygen atoms in total. The second kappa shape index (κ2) is 16.1. The minimum Gasteiger partial charge on any atom is -0.410 e. The molecule has 6 heteroatoms. The molecule has 0 atom stereocenters. The van der Waals surface area contributed by atoms with Crippen molar-refractivity contribution in [3.63, 3.8) is 0 Å². The number of hydrogen-bond acceptors (Lipinski definition) is 4. The number of rotatable bonds is 15. The van der Waals surface area contributed by atoms with E-state index in [4.69, 9.17) is 9.47 Å². The summed E-state index contributed by atoms with van der Waals surface area (Å²) in [4.78, 5) is 24.3. The quantitative estimate of drug-likeness (QED) is 0.148. The van der Waals surface area contributed by atoms with Gasteiger partial charge in [-0.1, -0.05) is 124 Å². The highest BCUT2D eigenvalue weighted by molar-refractivity contribution is 5.91. The summed E-state index contributed by atoms with van der Waals surface area (Å²) < 4.78 is 11.0. The Labute approximate surface area is 237 Å². The fourth-order valence-corrected chi connectivity index (χ4v) is 4.89. The van der Waals surface area contributed by atoms with Crippen LogP contribution in [0.2, 0.25) is 0 Å². The number of amides is 2. The van der Waals surface area contributed by atoms with Crippen LogP contribution in [0.15, 0.2) is 84.9 Å². The standard InChI is InChI=1S/C34H40N2O4/c37-33(39-31-23-15-19-27-17-9-11-21-29(27)31)35-25-13-7-5-3-1-2-4-6-8-14-26-36-34(38)40-32-24-16-20-28-18-10-12-22-30(28)32/h9-12,15-24H,1-8,13-14,25-26H2,(H,35,37)(H,36,38). The van der Waals surface area contributed by atoms with E-state index < -0.39 is 12.2 Å². The van der Waals surface area contributed by atoms with Gasteiger partial charge in [0.1, 0.15) is 11.5 Å². The molecule has 4 aromatic rings. The summed E-state index contributed by atoms with van der Waals surface area (Å²) >= 11 is 0. The lowest BCUT2D eigenvalue weighted by Gasteiger charge is -2.09. The molecule has 0 aromatic heterocycles. The molecule has 0 aliphatic rings. The van der Waals surface area contributed by atoms with Gasteiger partial charge < -0.3 is 20.1 Å². The molecule has 210 valence electrons. The third-order valence-corrected chi connectivity index (χ3v) is 7.05. The number of carbonyl (C=O) groups excluding carboxylic acids is 2. The van der Waals surface area contributed by atoms with E-state index in [9.17, 15) is 9.59 Å². The van der Waals surface area contributed by atoms with Crippen LogP contribution in [-0.4, -0.2) is 25.3 Å². The number of nitrogens with one attached hydrogen (secondary N) is 2. The molecule has 0 radical (unpaired) electrons. The molecule has 0 bridgehead atoms. The van der Waals surface area contributed by atoms with Crippen molar-refractivity contribution in [1.82, 2.24) is 10.6 Å². The average Bonchev–Trinajstić information content (AvgIpc) is 2.98. The molecule has 2 amide bonds. The first kappa shape index (κ1) is 28.9.